The Labute approximate surface area is 108 Å². The molecule has 0 saturated carbocycles. The molecule has 0 radical (unpaired) electrons. The van der Waals surface area contributed by atoms with E-state index in [-0.39, 0.29) is 17.1 Å². The Balaban J connectivity index is 2.17. The lowest BCUT2D eigenvalue weighted by molar-refractivity contribution is 0.0990. The molecule has 1 amide bonds. The van der Waals surface area contributed by atoms with Crippen LogP contribution in [-0.2, 0) is 0 Å². The molecule has 0 bridgehead atoms. The van der Waals surface area contributed by atoms with Crippen molar-refractivity contribution in [2.75, 3.05) is 0 Å². The summed E-state index contributed by atoms with van der Waals surface area (Å²) in [5, 5.41) is 25.6. The third-order valence-electron chi connectivity index (χ3n) is 2.28. The van der Waals surface area contributed by atoms with Gasteiger partial charge in [-0.25, -0.2) is 0 Å². The number of benzene rings is 2. The SMILES string of the molecule is O=C(N=[N+]=Nc1ccc(O)cc1)c1ccccc1O. The maximum Gasteiger partial charge on any atom is 0.364 e. The first kappa shape index (κ1) is 12.5. The highest BCUT2D eigenvalue weighted by Crippen LogP contribution is 2.17. The summed E-state index contributed by atoms with van der Waals surface area (Å²) < 4.78 is 0. The molecule has 2 aromatic carbocycles. The van der Waals surface area contributed by atoms with Gasteiger partial charge in [-0.15, -0.1) is 0 Å². The third-order valence-corrected chi connectivity index (χ3v) is 2.28. The second kappa shape index (κ2) is 5.57. The van der Waals surface area contributed by atoms with Crippen LogP contribution in [0.1, 0.15) is 10.4 Å². The van der Waals surface area contributed by atoms with E-state index in [4.69, 9.17) is 5.11 Å². The Morgan fingerprint density at radius 2 is 1.68 bits per heavy atom. The van der Waals surface area contributed by atoms with Crippen molar-refractivity contribution >= 4 is 11.6 Å². The van der Waals surface area contributed by atoms with Crippen molar-refractivity contribution in [3.05, 3.63) is 54.1 Å². The van der Waals surface area contributed by atoms with Crippen LogP contribution in [0, 0.1) is 0 Å². The van der Waals surface area contributed by atoms with Gasteiger partial charge in [-0.1, -0.05) is 12.1 Å². The molecule has 0 spiro atoms. The van der Waals surface area contributed by atoms with Crippen molar-refractivity contribution in [3.63, 3.8) is 0 Å². The van der Waals surface area contributed by atoms with Gasteiger partial charge in [0.2, 0.25) is 10.0 Å². The maximum absolute atomic E-state index is 11.6. The zero-order valence-electron chi connectivity index (χ0n) is 9.76. The topological polar surface area (TPSA) is 96.4 Å². The predicted molar refractivity (Wildman–Crippen MR) is 67.2 cm³/mol. The summed E-state index contributed by atoms with van der Waals surface area (Å²) in [5.41, 5.74) is 0.513. The predicted octanol–water partition coefficient (Wildman–Crippen LogP) is 2.54. The summed E-state index contributed by atoms with van der Waals surface area (Å²) in [6.45, 7) is 0. The highest BCUT2D eigenvalue weighted by atomic mass is 16.3. The molecule has 94 valence electrons. The maximum atomic E-state index is 11.6. The molecule has 0 aliphatic heterocycles. The Kier molecular flexibility index (Phi) is 3.66. The van der Waals surface area contributed by atoms with E-state index < -0.39 is 5.91 Å². The van der Waals surface area contributed by atoms with Crippen LogP contribution < -0.4 is 4.91 Å². The minimum absolute atomic E-state index is 0.0622. The number of nitrogens with zero attached hydrogens (tertiary/aromatic N) is 3. The Bertz CT molecular complexity index is 659. The molecule has 6 heteroatoms. The standard InChI is InChI=1S/C13H9N3O3/c17-10-7-5-9(6-8-10)14-16-15-13(19)11-3-1-2-4-12(11)18/h1-8H,(H,18,19)/p+1. The molecule has 0 heterocycles. The normalized spacial score (nSPS) is 9.47. The molecule has 0 aliphatic rings. The van der Waals surface area contributed by atoms with Crippen molar-refractivity contribution in [2.24, 2.45) is 10.2 Å². The lowest BCUT2D eigenvalue weighted by Crippen LogP contribution is -1.94. The minimum Gasteiger partial charge on any atom is -0.508 e. The van der Waals surface area contributed by atoms with Crippen molar-refractivity contribution in [3.8, 4) is 11.5 Å². The molecule has 0 aromatic heterocycles. The average Bonchev–Trinajstić information content (AvgIpc) is 2.41. The molecule has 0 unspecified atom stereocenters. The number of rotatable bonds is 2. The molecule has 0 saturated heterocycles. The Hall–Kier alpha value is -2.98. The van der Waals surface area contributed by atoms with E-state index in [1.165, 1.54) is 36.4 Å². The molecule has 6 nitrogen and oxygen atoms in total. The van der Waals surface area contributed by atoms with E-state index in [0.717, 1.165) is 0 Å². The molecular formula is C13H10N3O3+. The fourth-order valence-corrected chi connectivity index (χ4v) is 1.34. The molecule has 2 aromatic rings. The number of amides is 1. The smallest absolute Gasteiger partial charge is 0.364 e. The summed E-state index contributed by atoms with van der Waals surface area (Å²) in [7, 11) is 0. The molecule has 19 heavy (non-hydrogen) atoms. The summed E-state index contributed by atoms with van der Waals surface area (Å²) in [5.74, 6) is -0.724. The second-order valence-corrected chi connectivity index (χ2v) is 3.63. The summed E-state index contributed by atoms with van der Waals surface area (Å²) in [6.07, 6.45) is 0. The Morgan fingerprint density at radius 3 is 2.37 bits per heavy atom. The number of hydrogen-bond acceptors (Lipinski definition) is 4. The zero-order chi connectivity index (χ0) is 13.7. The van der Waals surface area contributed by atoms with Gasteiger partial charge < -0.3 is 10.2 Å². The second-order valence-electron chi connectivity index (χ2n) is 3.63. The van der Waals surface area contributed by atoms with Gasteiger partial charge in [0.25, 0.3) is 0 Å². The lowest BCUT2D eigenvalue weighted by atomic mass is 10.2. The van der Waals surface area contributed by atoms with Gasteiger partial charge in [0.15, 0.2) is 10.8 Å². The summed E-state index contributed by atoms with van der Waals surface area (Å²) in [6, 6.07) is 12.0. The van der Waals surface area contributed by atoms with Crippen molar-refractivity contribution in [1.29, 1.82) is 0 Å². The minimum atomic E-state index is -0.680. The molecule has 0 fully saturated rings. The summed E-state index contributed by atoms with van der Waals surface area (Å²) >= 11 is 0. The van der Waals surface area contributed by atoms with Gasteiger partial charge in [-0.05, 0) is 36.4 Å². The van der Waals surface area contributed by atoms with Crippen molar-refractivity contribution in [1.82, 2.24) is 4.91 Å². The fraction of sp³-hybridized carbons (Fsp3) is 0. The highest BCUT2D eigenvalue weighted by molar-refractivity contribution is 5.96. The van der Waals surface area contributed by atoms with Crippen LogP contribution >= 0.6 is 0 Å². The molecule has 0 aliphatic carbocycles. The lowest BCUT2D eigenvalue weighted by Gasteiger charge is -1.93. The number of carbonyl (C=O) groups excluding carboxylic acids is 1. The van der Waals surface area contributed by atoms with Crippen LogP contribution in [0.3, 0.4) is 0 Å². The first-order chi connectivity index (χ1) is 9.16. The number of phenols is 2. The van der Waals surface area contributed by atoms with Gasteiger partial charge in [0.05, 0.1) is 5.56 Å². The number of phenolic OH excluding ortho intramolecular Hbond substituents is 2. The van der Waals surface area contributed by atoms with Gasteiger partial charge in [0.1, 0.15) is 11.5 Å². The molecule has 0 atom stereocenters. The van der Waals surface area contributed by atoms with Gasteiger partial charge in [-0.3, -0.25) is 4.79 Å². The number of hydrogen-bond donors (Lipinski definition) is 2. The third kappa shape index (κ3) is 3.24. The first-order valence-corrected chi connectivity index (χ1v) is 5.40. The van der Waals surface area contributed by atoms with E-state index in [2.05, 4.69) is 15.1 Å². The Morgan fingerprint density at radius 1 is 1.00 bits per heavy atom. The average molecular weight is 256 g/mol. The number of para-hydroxylation sites is 1. The van der Waals surface area contributed by atoms with E-state index in [1.54, 1.807) is 12.1 Å². The monoisotopic (exact) mass is 256 g/mol. The van der Waals surface area contributed by atoms with Gasteiger partial charge >= 0.3 is 5.91 Å². The van der Waals surface area contributed by atoms with E-state index in [1.807, 2.05) is 0 Å². The molecule has 2 N–H and O–H groups in total. The van der Waals surface area contributed by atoms with Crippen LogP contribution in [0.2, 0.25) is 0 Å². The summed E-state index contributed by atoms with van der Waals surface area (Å²) in [4.78, 5) is 15.0. The van der Waals surface area contributed by atoms with Crippen LogP contribution in [0.15, 0.2) is 58.8 Å². The van der Waals surface area contributed by atoms with E-state index in [0.29, 0.717) is 5.69 Å². The van der Waals surface area contributed by atoms with E-state index in [9.17, 15) is 9.90 Å². The highest BCUT2D eigenvalue weighted by Gasteiger charge is 2.13. The largest absolute Gasteiger partial charge is 0.508 e. The van der Waals surface area contributed by atoms with E-state index >= 15 is 0 Å². The first-order valence-electron chi connectivity index (χ1n) is 5.40. The fourth-order valence-electron chi connectivity index (χ4n) is 1.34. The number of aromatic hydroxyl groups is 2. The quantitative estimate of drug-likeness (QED) is 0.638. The van der Waals surface area contributed by atoms with Gasteiger partial charge in [-0.2, -0.15) is 0 Å². The molecule has 2 rings (SSSR count). The van der Waals surface area contributed by atoms with Gasteiger partial charge in [0, 0.05) is 0 Å². The zero-order valence-corrected chi connectivity index (χ0v) is 9.76. The van der Waals surface area contributed by atoms with Crippen LogP contribution in [0.4, 0.5) is 5.69 Å². The van der Waals surface area contributed by atoms with Crippen molar-refractivity contribution in [2.45, 2.75) is 0 Å². The van der Waals surface area contributed by atoms with Crippen LogP contribution in [0.25, 0.3) is 0 Å². The van der Waals surface area contributed by atoms with Crippen LogP contribution in [-0.4, -0.2) is 16.1 Å². The molecular weight excluding hydrogens is 246 g/mol. The number of carbonyl (C=O) groups is 1. The van der Waals surface area contributed by atoms with Crippen LogP contribution in [0.5, 0.6) is 11.5 Å². The van der Waals surface area contributed by atoms with Crippen molar-refractivity contribution < 1.29 is 15.0 Å².